The number of amides is 2. The molecule has 2 fully saturated rings. The van der Waals surface area contributed by atoms with Crippen LogP contribution in [0.4, 0.5) is 10.8 Å². The second-order valence-corrected chi connectivity index (χ2v) is 9.92. The fourth-order valence-electron chi connectivity index (χ4n) is 3.95. The van der Waals surface area contributed by atoms with Gasteiger partial charge in [0.15, 0.2) is 5.69 Å². The molecule has 0 bridgehead atoms. The quantitative estimate of drug-likeness (QED) is 0.663. The average Bonchev–Trinajstić information content (AvgIpc) is 3.13. The Hall–Kier alpha value is -2.03. The molecule has 2 amide bonds. The average molecular weight is 462 g/mol. The summed E-state index contributed by atoms with van der Waals surface area (Å²) in [5, 5.41) is 8.21. The van der Waals surface area contributed by atoms with Crippen LogP contribution in [0.5, 0.6) is 0 Å². The third-order valence-corrected chi connectivity index (χ3v) is 7.37. The monoisotopic (exact) mass is 461 g/mol. The van der Waals surface area contributed by atoms with E-state index in [4.69, 9.17) is 16.6 Å². The minimum absolute atomic E-state index is 0.0354. The molecule has 1 aliphatic carbocycles. The fraction of sp³-hybridized carbons (Fsp3) is 0.545. The predicted molar refractivity (Wildman–Crippen MR) is 124 cm³/mol. The largest absolute Gasteiger partial charge is 0.317 e. The van der Waals surface area contributed by atoms with Crippen molar-refractivity contribution >= 4 is 45.6 Å². The molecule has 2 aromatic heterocycles. The Morgan fingerprint density at radius 2 is 1.97 bits per heavy atom. The summed E-state index contributed by atoms with van der Waals surface area (Å²) in [4.78, 5) is 37.4. The minimum atomic E-state index is -0.351. The van der Waals surface area contributed by atoms with Crippen LogP contribution in [0, 0.1) is 5.92 Å². The number of pyridine rings is 1. The number of aromatic nitrogens is 2. The maximum Gasteiger partial charge on any atom is 0.278 e. The molecule has 3 heterocycles. The van der Waals surface area contributed by atoms with Gasteiger partial charge in [-0.15, -0.1) is 0 Å². The van der Waals surface area contributed by atoms with Crippen LogP contribution < -0.4 is 15.5 Å². The van der Waals surface area contributed by atoms with Crippen LogP contribution in [0.25, 0.3) is 0 Å². The maximum atomic E-state index is 13.5. The molecule has 166 valence electrons. The summed E-state index contributed by atoms with van der Waals surface area (Å²) in [7, 11) is 0. The lowest BCUT2D eigenvalue weighted by atomic mass is 9.86. The molecule has 2 aromatic rings. The summed E-state index contributed by atoms with van der Waals surface area (Å²) in [5.41, 5.74) is 0.305. The standard InChI is InChI=1S/C22H28ClN5O2S/c1-13(2)28(21(30)15-8-10-24-11-9-15)22-18(27-20(31-22)14-4-3-5-14)19(29)26-17-7-6-16(23)12-25-17/h6-7,12-15,24H,3-5,8-11H2,1-2H3,(H,25,26,29). The highest BCUT2D eigenvalue weighted by Crippen LogP contribution is 2.43. The number of nitrogens with zero attached hydrogens (tertiary/aromatic N) is 3. The summed E-state index contributed by atoms with van der Waals surface area (Å²) >= 11 is 7.39. The predicted octanol–water partition coefficient (Wildman–Crippen LogP) is 4.45. The van der Waals surface area contributed by atoms with Crippen LogP contribution in [0.3, 0.4) is 0 Å². The second kappa shape index (κ2) is 9.63. The van der Waals surface area contributed by atoms with E-state index in [9.17, 15) is 9.59 Å². The van der Waals surface area contributed by atoms with E-state index in [2.05, 4.69) is 15.6 Å². The Morgan fingerprint density at radius 3 is 2.55 bits per heavy atom. The number of carbonyl (C=O) groups excluding carboxylic acids is 2. The normalized spacial score (nSPS) is 17.4. The molecular weight excluding hydrogens is 434 g/mol. The number of rotatable bonds is 6. The van der Waals surface area contributed by atoms with Crippen molar-refractivity contribution in [1.82, 2.24) is 15.3 Å². The first-order valence-electron chi connectivity index (χ1n) is 10.9. The Kier molecular flexibility index (Phi) is 6.89. The van der Waals surface area contributed by atoms with Crippen molar-refractivity contribution in [3.8, 4) is 0 Å². The summed E-state index contributed by atoms with van der Waals surface area (Å²) in [5.74, 6) is 0.474. The van der Waals surface area contributed by atoms with Gasteiger partial charge in [0.1, 0.15) is 10.8 Å². The number of anilines is 2. The molecule has 0 unspecified atom stereocenters. The summed E-state index contributed by atoms with van der Waals surface area (Å²) < 4.78 is 0. The zero-order valence-corrected chi connectivity index (χ0v) is 19.4. The Bertz CT molecular complexity index is 936. The van der Waals surface area contributed by atoms with Gasteiger partial charge >= 0.3 is 0 Å². The van der Waals surface area contributed by atoms with Gasteiger partial charge in [-0.1, -0.05) is 29.4 Å². The third-order valence-electron chi connectivity index (χ3n) is 5.93. The number of carbonyl (C=O) groups is 2. The molecule has 0 spiro atoms. The number of piperidine rings is 1. The van der Waals surface area contributed by atoms with Crippen molar-refractivity contribution in [1.29, 1.82) is 0 Å². The molecule has 2 N–H and O–H groups in total. The van der Waals surface area contributed by atoms with E-state index in [1.807, 2.05) is 13.8 Å². The van der Waals surface area contributed by atoms with Gasteiger partial charge in [0.05, 0.1) is 10.0 Å². The van der Waals surface area contributed by atoms with E-state index in [1.165, 1.54) is 24.0 Å². The topological polar surface area (TPSA) is 87.2 Å². The van der Waals surface area contributed by atoms with Gasteiger partial charge in [-0.2, -0.15) is 0 Å². The fourth-order valence-corrected chi connectivity index (χ4v) is 5.43. The molecular formula is C22H28ClN5O2S. The summed E-state index contributed by atoms with van der Waals surface area (Å²) in [6, 6.07) is 3.25. The highest BCUT2D eigenvalue weighted by Gasteiger charge is 2.35. The Morgan fingerprint density at radius 1 is 1.23 bits per heavy atom. The number of thiazole rings is 1. The Balaban J connectivity index is 1.66. The molecule has 0 radical (unpaired) electrons. The Labute approximate surface area is 191 Å². The maximum absolute atomic E-state index is 13.5. The van der Waals surface area contributed by atoms with Gasteiger partial charge in [0, 0.05) is 24.1 Å². The summed E-state index contributed by atoms with van der Waals surface area (Å²) in [6.07, 6.45) is 6.45. The van der Waals surface area contributed by atoms with Crippen LogP contribution >= 0.6 is 22.9 Å². The number of hydrogen-bond donors (Lipinski definition) is 2. The van der Waals surface area contributed by atoms with Gasteiger partial charge in [-0.3, -0.25) is 14.5 Å². The van der Waals surface area contributed by atoms with Gasteiger partial charge in [0.2, 0.25) is 5.91 Å². The van der Waals surface area contributed by atoms with E-state index in [0.717, 1.165) is 43.8 Å². The molecule has 9 heteroatoms. The summed E-state index contributed by atoms with van der Waals surface area (Å²) in [6.45, 7) is 5.66. The van der Waals surface area contributed by atoms with Gasteiger partial charge in [-0.25, -0.2) is 9.97 Å². The van der Waals surface area contributed by atoms with Crippen molar-refractivity contribution in [3.05, 3.63) is 34.1 Å². The smallest absolute Gasteiger partial charge is 0.278 e. The SMILES string of the molecule is CC(C)N(C(=O)C1CCNCC1)c1sc(C2CCC2)nc1C(=O)Nc1ccc(Cl)cn1. The van der Waals surface area contributed by atoms with Crippen molar-refractivity contribution in [2.45, 2.75) is 57.9 Å². The number of hydrogen-bond acceptors (Lipinski definition) is 6. The molecule has 2 aliphatic rings. The lowest BCUT2D eigenvalue weighted by Crippen LogP contribution is -2.44. The van der Waals surface area contributed by atoms with Gasteiger partial charge in [-0.05, 0) is 64.8 Å². The zero-order chi connectivity index (χ0) is 22.0. The zero-order valence-electron chi connectivity index (χ0n) is 17.9. The number of halogens is 1. The molecule has 1 saturated carbocycles. The van der Waals surface area contributed by atoms with E-state index >= 15 is 0 Å². The number of nitrogens with one attached hydrogen (secondary N) is 2. The van der Waals surface area contributed by atoms with E-state index < -0.39 is 0 Å². The van der Waals surface area contributed by atoms with Crippen molar-refractivity contribution in [3.63, 3.8) is 0 Å². The van der Waals surface area contributed by atoms with Crippen LogP contribution in [0.2, 0.25) is 5.02 Å². The van der Waals surface area contributed by atoms with Gasteiger partial charge < -0.3 is 10.6 Å². The highest BCUT2D eigenvalue weighted by atomic mass is 35.5. The first-order valence-corrected chi connectivity index (χ1v) is 12.1. The van der Waals surface area contributed by atoms with Crippen LogP contribution in [0.1, 0.15) is 67.4 Å². The lowest BCUT2D eigenvalue weighted by Gasteiger charge is -2.31. The van der Waals surface area contributed by atoms with Gasteiger partial charge in [0.25, 0.3) is 5.91 Å². The lowest BCUT2D eigenvalue weighted by molar-refractivity contribution is -0.123. The molecule has 1 saturated heterocycles. The molecule has 0 aromatic carbocycles. The van der Waals surface area contributed by atoms with Crippen LogP contribution in [0.15, 0.2) is 18.3 Å². The van der Waals surface area contributed by atoms with Crippen LogP contribution in [-0.4, -0.2) is 40.9 Å². The van der Waals surface area contributed by atoms with Crippen molar-refractivity contribution < 1.29 is 9.59 Å². The minimum Gasteiger partial charge on any atom is -0.317 e. The van der Waals surface area contributed by atoms with Crippen molar-refractivity contribution in [2.75, 3.05) is 23.3 Å². The third kappa shape index (κ3) is 4.91. The van der Waals surface area contributed by atoms with E-state index in [1.54, 1.807) is 17.0 Å². The molecule has 4 rings (SSSR count). The molecule has 0 atom stereocenters. The van der Waals surface area contributed by atoms with Crippen molar-refractivity contribution in [2.24, 2.45) is 5.92 Å². The highest BCUT2D eigenvalue weighted by molar-refractivity contribution is 7.16. The van der Waals surface area contributed by atoms with E-state index in [0.29, 0.717) is 27.5 Å². The van der Waals surface area contributed by atoms with E-state index in [-0.39, 0.29) is 23.8 Å². The second-order valence-electron chi connectivity index (χ2n) is 8.48. The molecule has 1 aliphatic heterocycles. The molecule has 7 nitrogen and oxygen atoms in total. The van der Waals surface area contributed by atoms with Crippen LogP contribution in [-0.2, 0) is 4.79 Å². The molecule has 31 heavy (non-hydrogen) atoms. The first-order chi connectivity index (χ1) is 14.9. The first kappa shape index (κ1) is 22.2.